The van der Waals surface area contributed by atoms with E-state index in [2.05, 4.69) is 37.1 Å². The molecular weight excluding hydrogens is 747 g/mol. The van der Waals surface area contributed by atoms with Crippen molar-refractivity contribution in [1.82, 2.24) is 0 Å². The van der Waals surface area contributed by atoms with Crippen LogP contribution in [0.3, 0.4) is 0 Å². The van der Waals surface area contributed by atoms with E-state index in [1.165, 1.54) is 11.8 Å². The van der Waals surface area contributed by atoms with Gasteiger partial charge in [0.05, 0.1) is 51.5 Å². The maximum Gasteiger partial charge on any atom is 0.158 e. The van der Waals surface area contributed by atoms with Gasteiger partial charge in [-0.25, -0.2) is 0 Å². The summed E-state index contributed by atoms with van der Waals surface area (Å²) in [4.78, 5) is -1.58. The van der Waals surface area contributed by atoms with Crippen molar-refractivity contribution in [3.8, 4) is 0 Å². The Morgan fingerprint density at radius 3 is 1.64 bits per heavy atom. The Labute approximate surface area is 334 Å². The highest BCUT2D eigenvalue weighted by Gasteiger charge is 2.55. The minimum Gasteiger partial charge on any atom is -0.376 e. The van der Waals surface area contributed by atoms with Crippen LogP contribution in [0.5, 0.6) is 0 Å². The van der Waals surface area contributed by atoms with Crippen LogP contribution in [0.25, 0.3) is 5.57 Å². The van der Waals surface area contributed by atoms with Crippen molar-refractivity contribution in [2.24, 2.45) is 0 Å². The molecule has 0 radical (unpaired) electrons. The summed E-state index contributed by atoms with van der Waals surface area (Å²) >= 11 is 1.40. The van der Waals surface area contributed by atoms with Crippen molar-refractivity contribution in [2.75, 3.05) is 13.2 Å². The van der Waals surface area contributed by atoms with Gasteiger partial charge in [0, 0.05) is 18.9 Å². The highest BCUT2D eigenvalue weighted by Crippen LogP contribution is 2.47. The molecule has 1 aliphatic heterocycles. The summed E-state index contributed by atoms with van der Waals surface area (Å²) in [6, 6.07) is 48.4. The van der Waals surface area contributed by atoms with Crippen LogP contribution in [-0.2, 0) is 61.0 Å². The first-order valence-corrected chi connectivity index (χ1v) is 20.3. The van der Waals surface area contributed by atoms with Gasteiger partial charge in [-0.05, 0) is 57.5 Å². The molecule has 0 spiro atoms. The molecule has 1 saturated heterocycles. The number of aliphatic hydroxyl groups is 1. The molecule has 1 heterocycles. The SMILES string of the molecule is O[C@@]1(C=C(CCOP)c2cccc(COP)c2)S[C@H](COCc2ccccc2)[C@@H](OCc2ccccc2)[C@H](OCc2ccccc2)[C@H]1OCc1ccccc1. The van der Waals surface area contributed by atoms with Crippen molar-refractivity contribution >= 4 is 36.3 Å². The van der Waals surface area contributed by atoms with Crippen LogP contribution in [0.1, 0.15) is 39.8 Å². The average Bonchev–Trinajstić information content (AvgIpc) is 3.22. The molecule has 5 aromatic carbocycles. The minimum atomic E-state index is -1.58. The van der Waals surface area contributed by atoms with Crippen LogP contribution in [0.4, 0.5) is 0 Å². The molecule has 0 aromatic heterocycles. The largest absolute Gasteiger partial charge is 0.376 e. The Bertz CT molecular complexity index is 1870. The fourth-order valence-electron chi connectivity index (χ4n) is 6.68. The maximum atomic E-state index is 13.3. The van der Waals surface area contributed by atoms with Crippen LogP contribution in [0, 0.1) is 0 Å². The Hall–Kier alpha value is -3.23. The van der Waals surface area contributed by atoms with Gasteiger partial charge >= 0.3 is 0 Å². The minimum absolute atomic E-state index is 0.263. The van der Waals surface area contributed by atoms with Gasteiger partial charge in [-0.15, -0.1) is 11.8 Å². The lowest BCUT2D eigenvalue weighted by Crippen LogP contribution is -2.62. The predicted octanol–water partition coefficient (Wildman–Crippen LogP) is 9.35. The molecule has 0 aliphatic carbocycles. The number of hydrogen-bond donors (Lipinski definition) is 1. The maximum absolute atomic E-state index is 13.3. The molecule has 7 atom stereocenters. The van der Waals surface area contributed by atoms with Crippen LogP contribution in [-0.4, -0.2) is 46.8 Å². The zero-order valence-electron chi connectivity index (χ0n) is 30.9. The molecule has 2 unspecified atom stereocenters. The Kier molecular flexibility index (Phi) is 16.5. The third-order valence-corrected chi connectivity index (χ3v) is 11.2. The fraction of sp³-hybridized carbons (Fsp3) is 0.289. The summed E-state index contributed by atoms with van der Waals surface area (Å²) in [5, 5.41) is 12.9. The summed E-state index contributed by atoms with van der Waals surface area (Å²) < 4.78 is 38.0. The molecule has 55 heavy (non-hydrogen) atoms. The average molecular weight is 797 g/mol. The first kappa shape index (κ1) is 41.4. The number of rotatable bonds is 20. The smallest absolute Gasteiger partial charge is 0.158 e. The molecule has 288 valence electrons. The highest BCUT2D eigenvalue weighted by molar-refractivity contribution is 8.01. The molecule has 0 saturated carbocycles. The highest BCUT2D eigenvalue weighted by atomic mass is 32.2. The van der Waals surface area contributed by atoms with Crippen LogP contribution in [0.2, 0.25) is 0 Å². The lowest BCUT2D eigenvalue weighted by Gasteiger charge is -2.49. The van der Waals surface area contributed by atoms with Gasteiger partial charge in [-0.3, -0.25) is 0 Å². The van der Waals surface area contributed by atoms with Crippen LogP contribution in [0.15, 0.2) is 152 Å². The Morgan fingerprint density at radius 1 is 0.582 bits per heavy atom. The standard InChI is InChI=1S/C45H50O7P2S/c46-45(27-40(24-25-51-53)39-23-13-22-38(26-39)32-52-54)44(50-31-37-20-11-4-12-21-37)43(49-30-36-18-9-3-10-19-36)42(48-29-35-16-7-2-8-17-35)41(55-45)33-47-28-34-14-5-1-6-15-34/h1-23,26-27,41-44,46H,24-25,28-33,53-54H2/t41-,42-,43+,44-,45+/m1/s1. The van der Waals surface area contributed by atoms with Crippen molar-refractivity contribution in [2.45, 2.75) is 68.0 Å². The molecule has 1 N–H and O–H groups in total. The van der Waals surface area contributed by atoms with Crippen molar-refractivity contribution in [3.05, 3.63) is 185 Å². The van der Waals surface area contributed by atoms with Gasteiger partial charge in [0.15, 0.2) is 4.93 Å². The molecule has 7 nitrogen and oxygen atoms in total. The van der Waals surface area contributed by atoms with E-state index in [9.17, 15) is 5.11 Å². The summed E-state index contributed by atoms with van der Waals surface area (Å²) in [5.74, 6) is 0. The van der Waals surface area contributed by atoms with E-state index in [1.54, 1.807) is 0 Å². The molecule has 1 fully saturated rings. The first-order valence-electron chi connectivity index (χ1n) is 18.5. The van der Waals surface area contributed by atoms with Gasteiger partial charge < -0.3 is 33.1 Å². The van der Waals surface area contributed by atoms with Crippen LogP contribution >= 0.6 is 30.7 Å². The summed E-state index contributed by atoms with van der Waals surface area (Å²) in [5.41, 5.74) is 6.97. The summed E-state index contributed by atoms with van der Waals surface area (Å²) in [6.07, 6.45) is 0.422. The normalized spacial score (nSPS) is 21.4. The molecule has 6 rings (SSSR count). The van der Waals surface area contributed by atoms with Gasteiger partial charge in [0.1, 0.15) is 18.3 Å². The number of hydrogen-bond acceptors (Lipinski definition) is 8. The number of ether oxygens (including phenoxy) is 4. The molecule has 5 aromatic rings. The number of benzene rings is 5. The summed E-state index contributed by atoms with van der Waals surface area (Å²) in [7, 11) is 4.65. The lowest BCUT2D eigenvalue weighted by atomic mass is 9.93. The van der Waals surface area contributed by atoms with E-state index >= 15 is 0 Å². The van der Waals surface area contributed by atoms with Gasteiger partial charge in [-0.1, -0.05) is 140 Å². The second kappa shape index (κ2) is 21.9. The number of thioether (sulfide) groups is 1. The van der Waals surface area contributed by atoms with Gasteiger partial charge in [0.25, 0.3) is 0 Å². The van der Waals surface area contributed by atoms with E-state index in [-0.39, 0.29) is 11.9 Å². The fourth-order valence-corrected chi connectivity index (χ4v) is 8.55. The lowest BCUT2D eigenvalue weighted by molar-refractivity contribution is -0.188. The van der Waals surface area contributed by atoms with Crippen LogP contribution < -0.4 is 0 Å². The molecule has 1 aliphatic rings. The topological polar surface area (TPSA) is 75.6 Å². The van der Waals surface area contributed by atoms with E-state index in [4.69, 9.17) is 28.0 Å². The van der Waals surface area contributed by atoms with Gasteiger partial charge in [0.2, 0.25) is 0 Å². The second-order valence-corrected chi connectivity index (χ2v) is 15.6. The first-order chi connectivity index (χ1) is 27.0. The quantitative estimate of drug-likeness (QED) is 0.0782. The van der Waals surface area contributed by atoms with E-state index < -0.39 is 23.2 Å². The third-order valence-electron chi connectivity index (χ3n) is 9.39. The zero-order chi connectivity index (χ0) is 38.1. The molecular formula is C45H50O7P2S. The predicted molar refractivity (Wildman–Crippen MR) is 227 cm³/mol. The zero-order valence-corrected chi connectivity index (χ0v) is 34.0. The Morgan fingerprint density at radius 2 is 1.09 bits per heavy atom. The Balaban J connectivity index is 1.43. The molecule has 0 amide bonds. The molecule has 10 heteroatoms. The van der Waals surface area contributed by atoms with Crippen molar-refractivity contribution < 1.29 is 33.1 Å². The second-order valence-electron chi connectivity index (χ2n) is 13.5. The van der Waals surface area contributed by atoms with E-state index in [0.29, 0.717) is 46.1 Å². The monoisotopic (exact) mass is 796 g/mol. The van der Waals surface area contributed by atoms with Crippen molar-refractivity contribution in [3.63, 3.8) is 0 Å². The van der Waals surface area contributed by atoms with Crippen molar-refractivity contribution in [1.29, 1.82) is 0 Å². The van der Waals surface area contributed by atoms with E-state index in [0.717, 1.165) is 39.0 Å². The van der Waals surface area contributed by atoms with Gasteiger partial charge in [-0.2, -0.15) is 0 Å². The molecule has 0 bridgehead atoms. The third kappa shape index (κ3) is 12.4. The van der Waals surface area contributed by atoms with E-state index in [1.807, 2.05) is 133 Å². The summed E-state index contributed by atoms with van der Waals surface area (Å²) in [6.45, 7) is 2.50.